The number of aliphatic imine (C=N–C) groups is 2. The first-order valence-electron chi connectivity index (χ1n) is 9.28. The smallest absolute Gasteiger partial charge is 0.167 e. The quantitative estimate of drug-likeness (QED) is 0.676. The molecule has 5 rings (SSSR count). The van der Waals surface area contributed by atoms with Crippen molar-refractivity contribution in [3.05, 3.63) is 47.9 Å². The molecule has 1 aromatic heterocycles. The Morgan fingerprint density at radius 2 is 1.96 bits per heavy atom. The minimum Gasteiger partial charge on any atom is -0.394 e. The van der Waals surface area contributed by atoms with Gasteiger partial charge >= 0.3 is 0 Å². The minimum atomic E-state index is -1.18. The fourth-order valence-electron chi connectivity index (χ4n) is 3.96. The van der Waals surface area contributed by atoms with Crippen LogP contribution in [0.4, 0.5) is 5.82 Å². The van der Waals surface area contributed by atoms with Gasteiger partial charge in [0.05, 0.1) is 25.3 Å². The van der Waals surface area contributed by atoms with Gasteiger partial charge in [0.1, 0.15) is 18.3 Å². The Kier molecular flexibility index (Phi) is 4.24. The first-order valence-corrected chi connectivity index (χ1v) is 9.28. The van der Waals surface area contributed by atoms with Crippen LogP contribution in [0.3, 0.4) is 0 Å². The molecule has 0 bridgehead atoms. The van der Waals surface area contributed by atoms with Gasteiger partial charge in [-0.3, -0.25) is 9.56 Å². The van der Waals surface area contributed by atoms with Crippen LogP contribution in [0, 0.1) is 0 Å². The summed E-state index contributed by atoms with van der Waals surface area (Å²) < 4.78 is 7.19. The number of aromatic nitrogens is 2. The average molecular weight is 383 g/mol. The molecule has 0 aliphatic carbocycles. The molecule has 1 unspecified atom stereocenters. The third-order valence-electron chi connectivity index (χ3n) is 5.39. The average Bonchev–Trinajstić information content (AvgIpc) is 3.38. The molecule has 3 aliphatic heterocycles. The van der Waals surface area contributed by atoms with Gasteiger partial charge in [-0.2, -0.15) is 0 Å². The Hall–Kier alpha value is -2.59. The maximum absolute atomic E-state index is 10.3. The number of fused-ring (bicyclic) bond motifs is 3. The van der Waals surface area contributed by atoms with Crippen LogP contribution in [0.2, 0.25) is 0 Å². The number of rotatable bonds is 4. The van der Waals surface area contributed by atoms with Crippen molar-refractivity contribution in [2.75, 3.05) is 13.2 Å². The summed E-state index contributed by atoms with van der Waals surface area (Å²) in [5.74, 6) is 1.27. The van der Waals surface area contributed by atoms with E-state index in [0.717, 1.165) is 18.8 Å². The lowest BCUT2D eigenvalue weighted by atomic mass is 10.1. The van der Waals surface area contributed by atoms with E-state index in [1.165, 1.54) is 11.9 Å². The Bertz CT molecular complexity index is 928. The number of benzene rings is 1. The molecule has 9 nitrogen and oxygen atoms in total. The van der Waals surface area contributed by atoms with E-state index < -0.39 is 24.5 Å². The zero-order chi connectivity index (χ0) is 19.3. The summed E-state index contributed by atoms with van der Waals surface area (Å²) in [6, 6.07) is 10.3. The Labute approximate surface area is 161 Å². The standard InChI is InChI=1S/C19H21N5O4/c25-8-13-15(26)16(27)19(28-13)24-10-20-14-17(24)21-9-23-7-12(22-18(14)23)6-11-4-2-1-3-5-11/h1-5,9-10,12-13,15-16,19,25-27H,6-8H2/t12-,13-,15-,16-,19?/m0/s1. The van der Waals surface area contributed by atoms with Crippen molar-refractivity contribution in [1.29, 1.82) is 0 Å². The van der Waals surface area contributed by atoms with Gasteiger partial charge in [-0.1, -0.05) is 30.3 Å². The molecular weight excluding hydrogens is 362 g/mol. The van der Waals surface area contributed by atoms with Crippen LogP contribution in [-0.4, -0.2) is 79.5 Å². The van der Waals surface area contributed by atoms with Crippen molar-refractivity contribution in [3.63, 3.8) is 0 Å². The third-order valence-corrected chi connectivity index (χ3v) is 5.39. The summed E-state index contributed by atoms with van der Waals surface area (Å²) in [5.41, 5.74) is 1.85. The van der Waals surface area contributed by atoms with Crippen molar-refractivity contribution in [2.45, 2.75) is 37.0 Å². The monoisotopic (exact) mass is 383 g/mol. The van der Waals surface area contributed by atoms with Gasteiger partial charge < -0.3 is 25.0 Å². The SMILES string of the molecule is OC[C@@H]1OC(n2cnc3c2N=CN2C[C@H](Cc4ccccc4)N=C32)[C@@H](O)[C@H]1O. The topological polar surface area (TPSA) is 116 Å². The van der Waals surface area contributed by atoms with Crippen molar-refractivity contribution in [3.8, 4) is 0 Å². The number of nitrogens with zero attached hydrogens (tertiary/aromatic N) is 5. The van der Waals surface area contributed by atoms with Gasteiger partial charge in [0.15, 0.2) is 23.6 Å². The summed E-state index contributed by atoms with van der Waals surface area (Å²) in [6.07, 6.45) is 0.0102. The molecule has 1 saturated heterocycles. The Morgan fingerprint density at radius 1 is 1.14 bits per heavy atom. The van der Waals surface area contributed by atoms with Crippen LogP contribution in [0.5, 0.6) is 0 Å². The molecule has 1 fully saturated rings. The van der Waals surface area contributed by atoms with Gasteiger partial charge in [-0.05, 0) is 12.0 Å². The lowest BCUT2D eigenvalue weighted by Gasteiger charge is -2.21. The first-order chi connectivity index (χ1) is 13.7. The molecule has 2 aromatic rings. The van der Waals surface area contributed by atoms with Crippen LogP contribution < -0.4 is 0 Å². The number of ether oxygens (including phenoxy) is 1. The number of aliphatic hydroxyl groups is 3. The van der Waals surface area contributed by atoms with E-state index >= 15 is 0 Å². The predicted octanol–water partition coefficient (Wildman–Crippen LogP) is -0.159. The van der Waals surface area contributed by atoms with Gasteiger partial charge in [0, 0.05) is 6.54 Å². The molecule has 1 aromatic carbocycles. The largest absolute Gasteiger partial charge is 0.394 e. The molecule has 0 spiro atoms. The second-order valence-corrected chi connectivity index (χ2v) is 7.25. The third kappa shape index (κ3) is 2.75. The summed E-state index contributed by atoms with van der Waals surface area (Å²) >= 11 is 0. The van der Waals surface area contributed by atoms with Crippen molar-refractivity contribution in [1.82, 2.24) is 14.5 Å². The van der Waals surface area contributed by atoms with Crippen LogP contribution in [0.15, 0.2) is 46.6 Å². The summed E-state index contributed by atoms with van der Waals surface area (Å²) in [4.78, 5) is 15.7. The highest BCUT2D eigenvalue weighted by Gasteiger charge is 2.45. The number of hydrogen-bond donors (Lipinski definition) is 3. The molecular formula is C19H21N5O4. The highest BCUT2D eigenvalue weighted by atomic mass is 16.6. The number of hydrogen-bond acceptors (Lipinski definition) is 8. The maximum Gasteiger partial charge on any atom is 0.167 e. The number of imidazole rings is 1. The second-order valence-electron chi connectivity index (χ2n) is 7.25. The highest BCUT2D eigenvalue weighted by Crippen LogP contribution is 2.36. The zero-order valence-electron chi connectivity index (χ0n) is 15.0. The van der Waals surface area contributed by atoms with Gasteiger partial charge in [-0.25, -0.2) is 9.98 Å². The summed E-state index contributed by atoms with van der Waals surface area (Å²) in [6.45, 7) is 0.352. The Balaban J connectivity index is 1.42. The van der Waals surface area contributed by atoms with E-state index in [2.05, 4.69) is 22.1 Å². The number of aliphatic hydroxyl groups excluding tert-OH is 3. The van der Waals surface area contributed by atoms with E-state index in [1.807, 2.05) is 23.1 Å². The Morgan fingerprint density at radius 3 is 2.71 bits per heavy atom. The van der Waals surface area contributed by atoms with Crippen LogP contribution in [0.1, 0.15) is 17.5 Å². The molecule has 0 saturated carbocycles. The first kappa shape index (κ1) is 17.5. The minimum absolute atomic E-state index is 0.105. The van der Waals surface area contributed by atoms with Crippen molar-refractivity contribution >= 4 is 18.0 Å². The predicted molar refractivity (Wildman–Crippen MR) is 101 cm³/mol. The summed E-state index contributed by atoms with van der Waals surface area (Å²) in [7, 11) is 0. The lowest BCUT2D eigenvalue weighted by Crippen LogP contribution is -2.33. The summed E-state index contributed by atoms with van der Waals surface area (Å²) in [5, 5.41) is 29.6. The molecule has 9 heteroatoms. The molecule has 3 aliphatic rings. The van der Waals surface area contributed by atoms with Gasteiger partial charge in [0.2, 0.25) is 0 Å². The molecule has 28 heavy (non-hydrogen) atoms. The van der Waals surface area contributed by atoms with Crippen LogP contribution in [0.25, 0.3) is 0 Å². The normalized spacial score (nSPS) is 31.0. The molecule has 146 valence electrons. The molecule has 5 atom stereocenters. The fourth-order valence-corrected chi connectivity index (χ4v) is 3.96. The van der Waals surface area contributed by atoms with Crippen LogP contribution in [-0.2, 0) is 11.2 Å². The molecule has 3 N–H and O–H groups in total. The van der Waals surface area contributed by atoms with Crippen molar-refractivity contribution in [2.24, 2.45) is 9.98 Å². The molecule has 0 radical (unpaired) electrons. The lowest BCUT2D eigenvalue weighted by molar-refractivity contribution is -0.0519. The van der Waals surface area contributed by atoms with Crippen molar-refractivity contribution < 1.29 is 20.1 Å². The maximum atomic E-state index is 10.3. The second kappa shape index (κ2) is 6.78. The van der Waals surface area contributed by atoms with Gasteiger partial charge in [0.25, 0.3) is 0 Å². The zero-order valence-corrected chi connectivity index (χ0v) is 15.0. The molecule has 4 heterocycles. The number of amidine groups is 1. The molecule has 0 amide bonds. The van der Waals surface area contributed by atoms with E-state index in [-0.39, 0.29) is 12.6 Å². The van der Waals surface area contributed by atoms with Crippen LogP contribution >= 0.6 is 0 Å². The highest BCUT2D eigenvalue weighted by molar-refractivity contribution is 6.09. The van der Waals surface area contributed by atoms with E-state index in [0.29, 0.717) is 11.5 Å². The van der Waals surface area contributed by atoms with Gasteiger partial charge in [-0.15, -0.1) is 0 Å². The van der Waals surface area contributed by atoms with E-state index in [1.54, 1.807) is 10.9 Å². The van der Waals surface area contributed by atoms with E-state index in [4.69, 9.17) is 9.73 Å². The van der Waals surface area contributed by atoms with E-state index in [9.17, 15) is 15.3 Å². The fraction of sp³-hybridized carbons (Fsp3) is 0.421.